The summed E-state index contributed by atoms with van der Waals surface area (Å²) >= 11 is 0. The summed E-state index contributed by atoms with van der Waals surface area (Å²) in [5.74, 6) is -0.768. The van der Waals surface area contributed by atoms with Crippen LogP contribution in [0.1, 0.15) is 36.0 Å². The second-order valence-electron chi connectivity index (χ2n) is 9.59. The molecule has 4 heterocycles. The standard InChI is InChI=1S/C27H26FN5O2/c28-18-7-9-19(10-8-18)32-14-4-12-27(26(32)35)11-3-13-31(17-27)33-23-6-2-1-5-20(23)21-15-30-16-22(24(21)33)25(29)34/h1-2,5-10,15-16H,3-4,11-14,17H2,(H2,29,34). The lowest BCUT2D eigenvalue weighted by molar-refractivity contribution is -0.131. The van der Waals surface area contributed by atoms with Gasteiger partial charge in [-0.3, -0.25) is 19.2 Å². The van der Waals surface area contributed by atoms with Crippen LogP contribution < -0.4 is 15.6 Å². The number of hydrogen-bond acceptors (Lipinski definition) is 4. The topological polar surface area (TPSA) is 84.5 Å². The van der Waals surface area contributed by atoms with Crippen LogP contribution in [0.3, 0.4) is 0 Å². The summed E-state index contributed by atoms with van der Waals surface area (Å²) in [7, 11) is 0. The van der Waals surface area contributed by atoms with E-state index in [0.29, 0.717) is 18.7 Å². The number of nitrogens with zero attached hydrogens (tertiary/aromatic N) is 4. The van der Waals surface area contributed by atoms with Crippen LogP contribution in [-0.4, -0.2) is 41.1 Å². The van der Waals surface area contributed by atoms with Crippen LogP contribution in [0.5, 0.6) is 0 Å². The Morgan fingerprint density at radius 2 is 1.71 bits per heavy atom. The Balaban J connectivity index is 1.45. The highest BCUT2D eigenvalue weighted by Crippen LogP contribution is 2.42. The molecule has 7 nitrogen and oxygen atoms in total. The zero-order valence-corrected chi connectivity index (χ0v) is 19.3. The largest absolute Gasteiger partial charge is 0.365 e. The minimum absolute atomic E-state index is 0.0811. The van der Waals surface area contributed by atoms with E-state index in [9.17, 15) is 14.0 Å². The van der Waals surface area contributed by atoms with Crippen molar-refractivity contribution in [2.24, 2.45) is 11.1 Å². The third kappa shape index (κ3) is 3.35. The van der Waals surface area contributed by atoms with E-state index in [1.807, 2.05) is 24.3 Å². The number of carbonyl (C=O) groups excluding carboxylic acids is 2. The lowest BCUT2D eigenvalue weighted by Gasteiger charge is -2.48. The zero-order chi connectivity index (χ0) is 24.2. The Hall–Kier alpha value is -3.94. The molecule has 6 rings (SSSR count). The molecule has 2 aliphatic heterocycles. The fourth-order valence-corrected chi connectivity index (χ4v) is 5.95. The number of anilines is 1. The molecule has 178 valence electrons. The van der Waals surface area contributed by atoms with Gasteiger partial charge in [0.1, 0.15) is 5.82 Å². The predicted octanol–water partition coefficient (Wildman–Crippen LogP) is 3.97. The number of benzene rings is 2. The quantitative estimate of drug-likeness (QED) is 0.490. The van der Waals surface area contributed by atoms with Gasteiger partial charge in [-0.05, 0) is 56.0 Å². The summed E-state index contributed by atoms with van der Waals surface area (Å²) in [5, 5.41) is 4.03. The molecule has 2 aromatic heterocycles. The van der Waals surface area contributed by atoms with E-state index in [1.165, 1.54) is 18.3 Å². The van der Waals surface area contributed by atoms with E-state index in [1.54, 1.807) is 23.2 Å². The molecule has 0 saturated carbocycles. The molecule has 8 heteroatoms. The van der Waals surface area contributed by atoms with Crippen molar-refractivity contribution >= 4 is 39.3 Å². The average Bonchev–Trinajstić information content (AvgIpc) is 3.21. The van der Waals surface area contributed by atoms with Crippen LogP contribution in [0.15, 0.2) is 60.9 Å². The molecule has 0 bridgehead atoms. The Bertz CT molecular complexity index is 1460. The molecule has 1 spiro atoms. The highest BCUT2D eigenvalue weighted by atomic mass is 19.1. The molecular weight excluding hydrogens is 445 g/mol. The van der Waals surface area contributed by atoms with Crippen molar-refractivity contribution in [1.82, 2.24) is 9.66 Å². The number of piperidine rings is 2. The minimum Gasteiger partial charge on any atom is -0.365 e. The SMILES string of the molecule is NC(=O)c1cncc2c3ccccc3n(N3CCCC4(CCCN(c5ccc(F)cc5)C4=O)C3)c12. The highest BCUT2D eigenvalue weighted by molar-refractivity contribution is 6.15. The molecule has 2 N–H and O–H groups in total. The maximum Gasteiger partial charge on any atom is 0.252 e. The van der Waals surface area contributed by atoms with Gasteiger partial charge in [0, 0.05) is 48.5 Å². The highest BCUT2D eigenvalue weighted by Gasteiger charge is 2.47. The number of para-hydroxylation sites is 1. The van der Waals surface area contributed by atoms with Crippen LogP contribution in [-0.2, 0) is 4.79 Å². The fourth-order valence-electron chi connectivity index (χ4n) is 5.95. The van der Waals surface area contributed by atoms with Gasteiger partial charge in [0.2, 0.25) is 5.91 Å². The minimum atomic E-state index is -0.553. The van der Waals surface area contributed by atoms with Crippen molar-refractivity contribution in [3.63, 3.8) is 0 Å². The van der Waals surface area contributed by atoms with Crippen LogP contribution in [0.2, 0.25) is 0 Å². The van der Waals surface area contributed by atoms with Crippen LogP contribution in [0, 0.1) is 11.2 Å². The Kier molecular flexibility index (Phi) is 4.98. The molecule has 1 unspecified atom stereocenters. The number of pyridine rings is 1. The third-order valence-electron chi connectivity index (χ3n) is 7.53. The van der Waals surface area contributed by atoms with Crippen LogP contribution >= 0.6 is 0 Å². The van der Waals surface area contributed by atoms with Gasteiger partial charge < -0.3 is 15.6 Å². The molecule has 2 aliphatic rings. The van der Waals surface area contributed by atoms with Crippen molar-refractivity contribution in [1.29, 1.82) is 0 Å². The second-order valence-corrected chi connectivity index (χ2v) is 9.59. The number of aromatic nitrogens is 2. The van der Waals surface area contributed by atoms with Crippen LogP contribution in [0.25, 0.3) is 21.8 Å². The van der Waals surface area contributed by atoms with Gasteiger partial charge in [-0.25, -0.2) is 4.39 Å². The number of amides is 2. The first-order chi connectivity index (χ1) is 17.0. The Morgan fingerprint density at radius 1 is 0.971 bits per heavy atom. The van der Waals surface area contributed by atoms with Gasteiger partial charge in [0.05, 0.1) is 22.0 Å². The van der Waals surface area contributed by atoms with Crippen molar-refractivity contribution < 1.29 is 14.0 Å². The number of rotatable bonds is 3. The average molecular weight is 472 g/mol. The summed E-state index contributed by atoms with van der Waals surface area (Å²) in [4.78, 5) is 32.3. The zero-order valence-electron chi connectivity index (χ0n) is 19.3. The van der Waals surface area contributed by atoms with Gasteiger partial charge in [0.15, 0.2) is 0 Å². The van der Waals surface area contributed by atoms with Gasteiger partial charge in [-0.15, -0.1) is 0 Å². The first kappa shape index (κ1) is 21.6. The van der Waals surface area contributed by atoms with E-state index in [0.717, 1.165) is 59.7 Å². The molecule has 4 aromatic rings. The van der Waals surface area contributed by atoms with Crippen molar-refractivity contribution in [3.8, 4) is 0 Å². The summed E-state index contributed by atoms with van der Waals surface area (Å²) in [6, 6.07) is 14.1. The number of carbonyl (C=O) groups is 2. The van der Waals surface area contributed by atoms with E-state index < -0.39 is 11.3 Å². The van der Waals surface area contributed by atoms with Gasteiger partial charge in [-0.1, -0.05) is 18.2 Å². The molecule has 35 heavy (non-hydrogen) atoms. The number of nitrogens with two attached hydrogens (primary N) is 1. The summed E-state index contributed by atoms with van der Waals surface area (Å²) in [6.07, 6.45) is 6.58. The van der Waals surface area contributed by atoms with E-state index in [2.05, 4.69) is 14.7 Å². The molecular formula is C27H26FN5O2. The molecule has 0 aliphatic carbocycles. The molecule has 2 aromatic carbocycles. The molecule has 2 fully saturated rings. The fraction of sp³-hybridized carbons (Fsp3) is 0.296. The van der Waals surface area contributed by atoms with Crippen molar-refractivity contribution in [3.05, 3.63) is 72.3 Å². The summed E-state index contributed by atoms with van der Waals surface area (Å²) in [6.45, 7) is 1.90. The second kappa shape index (κ2) is 8.08. The van der Waals surface area contributed by atoms with E-state index in [4.69, 9.17) is 5.73 Å². The van der Waals surface area contributed by atoms with Gasteiger partial charge in [-0.2, -0.15) is 0 Å². The predicted molar refractivity (Wildman–Crippen MR) is 133 cm³/mol. The first-order valence-corrected chi connectivity index (χ1v) is 12.0. The maximum absolute atomic E-state index is 13.9. The van der Waals surface area contributed by atoms with E-state index >= 15 is 0 Å². The normalized spacial score (nSPS) is 20.8. The summed E-state index contributed by atoms with van der Waals surface area (Å²) in [5.41, 5.74) is 7.97. The lowest BCUT2D eigenvalue weighted by Crippen LogP contribution is -2.58. The molecule has 2 amide bonds. The molecule has 0 radical (unpaired) electrons. The van der Waals surface area contributed by atoms with Gasteiger partial charge >= 0.3 is 0 Å². The van der Waals surface area contributed by atoms with E-state index in [-0.39, 0.29) is 11.7 Å². The lowest BCUT2D eigenvalue weighted by atomic mass is 9.73. The van der Waals surface area contributed by atoms with Gasteiger partial charge in [0.25, 0.3) is 5.91 Å². The maximum atomic E-state index is 13.9. The van der Waals surface area contributed by atoms with Crippen molar-refractivity contribution in [2.75, 3.05) is 29.5 Å². The summed E-state index contributed by atoms with van der Waals surface area (Å²) < 4.78 is 15.6. The number of halogens is 1. The number of fused-ring (bicyclic) bond motifs is 3. The monoisotopic (exact) mass is 471 g/mol. The number of primary amides is 1. The smallest absolute Gasteiger partial charge is 0.252 e. The Labute approximate surface area is 201 Å². The third-order valence-corrected chi connectivity index (χ3v) is 7.53. The number of hydrogen-bond donors (Lipinski definition) is 1. The van der Waals surface area contributed by atoms with Crippen molar-refractivity contribution in [2.45, 2.75) is 25.7 Å². The first-order valence-electron chi connectivity index (χ1n) is 12.0. The molecule has 1 atom stereocenters. The Morgan fingerprint density at radius 3 is 2.49 bits per heavy atom. The van der Waals surface area contributed by atoms with Crippen LogP contribution in [0.4, 0.5) is 10.1 Å². The molecule has 2 saturated heterocycles.